The average Bonchev–Trinajstić information content (AvgIpc) is 2.99. The molecule has 7 nitrogen and oxygen atoms in total. The number of hydrogen-bond donors (Lipinski definition) is 1. The third-order valence-electron chi connectivity index (χ3n) is 4.96. The SMILES string of the molecule is CN1CC(n2cnc3ccc(-c4ccc5nc(N)oc5c4)cc3c2=O)C1. The number of nitrogen functional groups attached to an aromatic ring is 1. The number of benzene rings is 2. The van der Waals surface area contributed by atoms with Crippen molar-refractivity contribution in [3.05, 3.63) is 53.1 Å². The molecule has 2 N–H and O–H groups in total. The Labute approximate surface area is 148 Å². The van der Waals surface area contributed by atoms with Crippen LogP contribution in [0.3, 0.4) is 0 Å². The zero-order chi connectivity index (χ0) is 17.8. The number of anilines is 1. The Morgan fingerprint density at radius 3 is 2.62 bits per heavy atom. The molecular formula is C19H17N5O2. The molecule has 0 amide bonds. The molecule has 26 heavy (non-hydrogen) atoms. The van der Waals surface area contributed by atoms with Gasteiger partial charge in [-0.3, -0.25) is 9.36 Å². The topological polar surface area (TPSA) is 90.2 Å². The van der Waals surface area contributed by atoms with Crippen molar-refractivity contribution in [3.63, 3.8) is 0 Å². The second kappa shape index (κ2) is 5.40. The normalized spacial score (nSPS) is 15.6. The highest BCUT2D eigenvalue weighted by atomic mass is 16.4. The van der Waals surface area contributed by atoms with Gasteiger partial charge in [0.15, 0.2) is 5.58 Å². The standard InChI is InChI=1S/C19H17N5O2/c1-23-8-13(9-23)24-10-21-15-4-2-11(6-14(15)18(24)25)12-3-5-16-17(7-12)26-19(20)22-16/h2-7,10,13H,8-9H2,1H3,(H2,20,22). The van der Waals surface area contributed by atoms with Crippen LogP contribution in [0, 0.1) is 0 Å². The van der Waals surface area contributed by atoms with Crippen molar-refractivity contribution >= 4 is 28.0 Å². The first-order valence-corrected chi connectivity index (χ1v) is 8.44. The number of oxazole rings is 1. The van der Waals surface area contributed by atoms with E-state index < -0.39 is 0 Å². The van der Waals surface area contributed by atoms with Crippen molar-refractivity contribution in [1.29, 1.82) is 0 Å². The molecule has 1 aliphatic rings. The summed E-state index contributed by atoms with van der Waals surface area (Å²) in [6.45, 7) is 1.74. The summed E-state index contributed by atoms with van der Waals surface area (Å²) in [4.78, 5) is 23.7. The molecule has 0 unspecified atom stereocenters. The van der Waals surface area contributed by atoms with Gasteiger partial charge in [0.1, 0.15) is 5.52 Å². The van der Waals surface area contributed by atoms with Crippen molar-refractivity contribution in [2.45, 2.75) is 6.04 Å². The van der Waals surface area contributed by atoms with Gasteiger partial charge >= 0.3 is 0 Å². The fraction of sp³-hybridized carbons (Fsp3) is 0.211. The van der Waals surface area contributed by atoms with Crippen LogP contribution in [-0.4, -0.2) is 39.6 Å². The molecule has 2 aromatic carbocycles. The molecule has 0 atom stereocenters. The van der Waals surface area contributed by atoms with E-state index in [4.69, 9.17) is 10.2 Å². The molecule has 0 saturated carbocycles. The van der Waals surface area contributed by atoms with Gasteiger partial charge in [0, 0.05) is 13.1 Å². The van der Waals surface area contributed by atoms with Gasteiger partial charge in [-0.2, -0.15) is 4.98 Å². The zero-order valence-electron chi connectivity index (χ0n) is 14.2. The molecule has 5 rings (SSSR count). The molecular weight excluding hydrogens is 330 g/mol. The Morgan fingerprint density at radius 1 is 1.12 bits per heavy atom. The van der Waals surface area contributed by atoms with Crippen LogP contribution in [-0.2, 0) is 0 Å². The van der Waals surface area contributed by atoms with Gasteiger partial charge in [-0.15, -0.1) is 0 Å². The summed E-state index contributed by atoms with van der Waals surface area (Å²) in [5, 5.41) is 0.622. The maximum absolute atomic E-state index is 12.9. The lowest BCUT2D eigenvalue weighted by molar-refractivity contribution is 0.137. The monoisotopic (exact) mass is 347 g/mol. The van der Waals surface area contributed by atoms with Gasteiger partial charge in [0.25, 0.3) is 11.6 Å². The zero-order valence-corrected chi connectivity index (χ0v) is 14.2. The minimum absolute atomic E-state index is 0.0000576. The number of rotatable bonds is 2. The Morgan fingerprint density at radius 2 is 1.85 bits per heavy atom. The summed E-state index contributed by atoms with van der Waals surface area (Å²) in [5.74, 6) is 0. The lowest BCUT2D eigenvalue weighted by atomic mass is 10.0. The minimum Gasteiger partial charge on any atom is -0.424 e. The fourth-order valence-electron chi connectivity index (χ4n) is 3.54. The number of aromatic nitrogens is 3. The van der Waals surface area contributed by atoms with E-state index >= 15 is 0 Å². The van der Waals surface area contributed by atoms with Crippen LogP contribution < -0.4 is 11.3 Å². The van der Waals surface area contributed by atoms with Gasteiger partial charge in [-0.25, -0.2) is 4.98 Å². The number of nitrogens with two attached hydrogens (primary N) is 1. The lowest BCUT2D eigenvalue weighted by Crippen LogP contribution is -2.48. The summed E-state index contributed by atoms with van der Waals surface area (Å²) in [6.07, 6.45) is 1.66. The maximum Gasteiger partial charge on any atom is 0.292 e. The average molecular weight is 347 g/mol. The highest BCUT2D eigenvalue weighted by Gasteiger charge is 2.26. The first-order valence-electron chi connectivity index (χ1n) is 8.44. The van der Waals surface area contributed by atoms with Crippen LogP contribution in [0.15, 0.2) is 51.9 Å². The number of fused-ring (bicyclic) bond motifs is 2. The second-order valence-electron chi connectivity index (χ2n) is 6.80. The van der Waals surface area contributed by atoms with E-state index in [1.165, 1.54) is 0 Å². The van der Waals surface area contributed by atoms with Crippen LogP contribution in [0.25, 0.3) is 33.1 Å². The largest absolute Gasteiger partial charge is 0.424 e. The van der Waals surface area contributed by atoms with E-state index in [1.807, 2.05) is 43.4 Å². The summed E-state index contributed by atoms with van der Waals surface area (Å²) in [7, 11) is 2.04. The van der Waals surface area contributed by atoms with E-state index in [2.05, 4.69) is 14.9 Å². The van der Waals surface area contributed by atoms with Gasteiger partial charge in [-0.05, 0) is 42.4 Å². The molecule has 1 fully saturated rings. The third kappa shape index (κ3) is 2.28. The van der Waals surface area contributed by atoms with Crippen LogP contribution >= 0.6 is 0 Å². The van der Waals surface area contributed by atoms with E-state index in [0.717, 1.165) is 24.2 Å². The molecule has 7 heteroatoms. The van der Waals surface area contributed by atoms with Gasteiger partial charge in [0.2, 0.25) is 0 Å². The molecule has 0 aliphatic carbocycles. The molecule has 2 aromatic heterocycles. The van der Waals surface area contributed by atoms with Crippen molar-refractivity contribution in [1.82, 2.24) is 19.4 Å². The predicted octanol–water partition coefficient (Wildman–Crippen LogP) is 2.27. The Bertz CT molecular complexity index is 1200. The number of likely N-dealkylation sites (tertiary alicyclic amines) is 1. The van der Waals surface area contributed by atoms with E-state index in [9.17, 15) is 4.79 Å². The highest BCUT2D eigenvalue weighted by Crippen LogP contribution is 2.27. The van der Waals surface area contributed by atoms with Crippen LogP contribution in [0.1, 0.15) is 6.04 Å². The maximum atomic E-state index is 12.9. The lowest BCUT2D eigenvalue weighted by Gasteiger charge is -2.37. The van der Waals surface area contributed by atoms with Crippen molar-refractivity contribution in [3.8, 4) is 11.1 Å². The van der Waals surface area contributed by atoms with Crippen molar-refractivity contribution < 1.29 is 4.42 Å². The van der Waals surface area contributed by atoms with E-state index in [-0.39, 0.29) is 17.6 Å². The molecule has 0 spiro atoms. The number of hydrogen-bond acceptors (Lipinski definition) is 6. The third-order valence-corrected chi connectivity index (χ3v) is 4.96. The smallest absolute Gasteiger partial charge is 0.292 e. The van der Waals surface area contributed by atoms with Crippen LogP contribution in [0.5, 0.6) is 0 Å². The summed E-state index contributed by atoms with van der Waals surface area (Å²) >= 11 is 0. The summed E-state index contributed by atoms with van der Waals surface area (Å²) in [6, 6.07) is 11.8. The Balaban J connectivity index is 1.63. The first kappa shape index (κ1) is 15.1. The molecule has 130 valence electrons. The highest BCUT2D eigenvalue weighted by molar-refractivity contribution is 5.86. The summed E-state index contributed by atoms with van der Waals surface area (Å²) < 4.78 is 7.15. The number of nitrogens with zero attached hydrogens (tertiary/aromatic N) is 4. The minimum atomic E-state index is -0.0000576. The fourth-order valence-corrected chi connectivity index (χ4v) is 3.54. The van der Waals surface area contributed by atoms with Crippen LogP contribution in [0.4, 0.5) is 6.01 Å². The van der Waals surface area contributed by atoms with E-state index in [0.29, 0.717) is 22.0 Å². The Kier molecular flexibility index (Phi) is 3.14. The van der Waals surface area contributed by atoms with Crippen molar-refractivity contribution in [2.24, 2.45) is 0 Å². The van der Waals surface area contributed by atoms with Crippen molar-refractivity contribution in [2.75, 3.05) is 25.9 Å². The molecule has 3 heterocycles. The summed E-state index contributed by atoms with van der Waals surface area (Å²) in [5.41, 5.74) is 9.52. The molecule has 0 radical (unpaired) electrons. The number of likely N-dealkylation sites (N-methyl/N-ethyl adjacent to an activating group) is 1. The van der Waals surface area contributed by atoms with E-state index in [1.54, 1.807) is 10.9 Å². The molecule has 0 bridgehead atoms. The van der Waals surface area contributed by atoms with Gasteiger partial charge in [-0.1, -0.05) is 12.1 Å². The Hall–Kier alpha value is -3.19. The van der Waals surface area contributed by atoms with Gasteiger partial charge in [0.05, 0.1) is 23.3 Å². The quantitative estimate of drug-likeness (QED) is 0.598. The molecule has 1 saturated heterocycles. The predicted molar refractivity (Wildman–Crippen MR) is 100.0 cm³/mol. The first-order chi connectivity index (χ1) is 12.6. The second-order valence-corrected chi connectivity index (χ2v) is 6.80. The molecule has 1 aliphatic heterocycles. The molecule has 4 aromatic rings. The van der Waals surface area contributed by atoms with Crippen LogP contribution in [0.2, 0.25) is 0 Å². The van der Waals surface area contributed by atoms with Gasteiger partial charge < -0.3 is 15.1 Å².